The number of imidazole rings is 1. The van der Waals surface area contributed by atoms with E-state index in [1.54, 1.807) is 0 Å². The number of rotatable bonds is 2. The minimum absolute atomic E-state index is 0.645. The second-order valence-electron chi connectivity index (χ2n) is 5.41. The molecule has 2 aromatic heterocycles. The molecule has 3 aromatic rings. The van der Waals surface area contributed by atoms with Crippen molar-refractivity contribution < 1.29 is 0 Å². The molecular weight excluding hydrogens is 236 g/mol. The van der Waals surface area contributed by atoms with Gasteiger partial charge in [0.05, 0.1) is 16.7 Å². The van der Waals surface area contributed by atoms with Crippen LogP contribution in [0.4, 0.5) is 0 Å². The summed E-state index contributed by atoms with van der Waals surface area (Å²) >= 11 is 0. The summed E-state index contributed by atoms with van der Waals surface area (Å²) in [7, 11) is 0. The minimum atomic E-state index is 0.645. The number of hydrogen-bond acceptors (Lipinski definition) is 2. The van der Waals surface area contributed by atoms with Crippen LogP contribution in [0.25, 0.3) is 22.2 Å². The highest BCUT2D eigenvalue weighted by Gasteiger charge is 2.27. The predicted molar refractivity (Wildman–Crippen MR) is 75.1 cm³/mol. The Morgan fingerprint density at radius 2 is 2.05 bits per heavy atom. The first-order chi connectivity index (χ1) is 9.24. The first kappa shape index (κ1) is 10.8. The van der Waals surface area contributed by atoms with Crippen molar-refractivity contribution in [3.63, 3.8) is 0 Å². The first-order valence-corrected chi connectivity index (χ1v) is 6.74. The van der Waals surface area contributed by atoms with Crippen LogP contribution in [0.5, 0.6) is 0 Å². The summed E-state index contributed by atoms with van der Waals surface area (Å²) in [6.07, 6.45) is 2.53. The average Bonchev–Trinajstić information content (AvgIpc) is 3.08. The standard InChI is InChI=1S/C15H16N4/c1-8-13(9(2)19-18-8)11-4-3-5-12-14(11)17-15(16-12)10-6-7-10/h3-5,10H,6-7H2,1-2H3,(H,16,17)(H,18,19). The summed E-state index contributed by atoms with van der Waals surface area (Å²) in [6, 6.07) is 6.31. The molecule has 0 atom stereocenters. The number of fused-ring (bicyclic) bond motifs is 1. The molecule has 2 heterocycles. The fraction of sp³-hybridized carbons (Fsp3) is 0.333. The van der Waals surface area contributed by atoms with Crippen molar-refractivity contribution in [3.8, 4) is 11.1 Å². The van der Waals surface area contributed by atoms with Crippen molar-refractivity contribution in [1.29, 1.82) is 0 Å². The predicted octanol–water partition coefficient (Wildman–Crippen LogP) is 3.45. The quantitative estimate of drug-likeness (QED) is 0.734. The molecule has 4 heteroatoms. The lowest BCUT2D eigenvalue weighted by molar-refractivity contribution is 0.986. The average molecular weight is 252 g/mol. The van der Waals surface area contributed by atoms with E-state index in [1.807, 2.05) is 6.92 Å². The Bertz CT molecular complexity index is 742. The maximum absolute atomic E-state index is 4.82. The zero-order valence-electron chi connectivity index (χ0n) is 11.1. The van der Waals surface area contributed by atoms with E-state index >= 15 is 0 Å². The molecule has 1 aliphatic carbocycles. The molecule has 1 saturated carbocycles. The molecule has 0 saturated heterocycles. The van der Waals surface area contributed by atoms with E-state index < -0.39 is 0 Å². The Hall–Kier alpha value is -2.10. The van der Waals surface area contributed by atoms with E-state index in [2.05, 4.69) is 40.3 Å². The van der Waals surface area contributed by atoms with Crippen molar-refractivity contribution >= 4 is 11.0 Å². The molecule has 1 aliphatic rings. The maximum atomic E-state index is 4.82. The van der Waals surface area contributed by atoms with Gasteiger partial charge in [-0.1, -0.05) is 12.1 Å². The molecule has 19 heavy (non-hydrogen) atoms. The van der Waals surface area contributed by atoms with Gasteiger partial charge in [-0.25, -0.2) is 4.98 Å². The zero-order valence-corrected chi connectivity index (χ0v) is 11.1. The number of aromatic amines is 2. The molecule has 4 nitrogen and oxygen atoms in total. The van der Waals surface area contributed by atoms with Gasteiger partial charge in [-0.3, -0.25) is 5.10 Å². The van der Waals surface area contributed by atoms with Gasteiger partial charge in [-0.05, 0) is 32.8 Å². The van der Waals surface area contributed by atoms with Gasteiger partial charge in [-0.2, -0.15) is 5.10 Å². The smallest absolute Gasteiger partial charge is 0.110 e. The molecule has 0 bridgehead atoms. The van der Waals surface area contributed by atoms with Gasteiger partial charge >= 0.3 is 0 Å². The lowest BCUT2D eigenvalue weighted by Gasteiger charge is -2.02. The molecule has 0 spiro atoms. The van der Waals surface area contributed by atoms with Gasteiger partial charge < -0.3 is 4.98 Å². The third kappa shape index (κ3) is 1.59. The van der Waals surface area contributed by atoms with Gasteiger partial charge in [0.1, 0.15) is 5.82 Å². The molecular formula is C15H16N4. The third-order valence-electron chi connectivity index (χ3n) is 3.89. The lowest BCUT2D eigenvalue weighted by atomic mass is 10.0. The first-order valence-electron chi connectivity index (χ1n) is 6.74. The van der Waals surface area contributed by atoms with E-state index in [1.165, 1.54) is 24.0 Å². The molecule has 1 aromatic carbocycles. The van der Waals surface area contributed by atoms with Crippen molar-refractivity contribution in [3.05, 3.63) is 35.4 Å². The Labute approximate surface area is 111 Å². The molecule has 0 radical (unpaired) electrons. The molecule has 4 rings (SSSR count). The van der Waals surface area contributed by atoms with Gasteiger partial charge in [-0.15, -0.1) is 0 Å². The number of aromatic nitrogens is 4. The summed E-state index contributed by atoms with van der Waals surface area (Å²) in [5, 5.41) is 7.34. The van der Waals surface area contributed by atoms with Crippen LogP contribution in [0.15, 0.2) is 18.2 Å². The van der Waals surface area contributed by atoms with Crippen molar-refractivity contribution in [1.82, 2.24) is 20.2 Å². The second kappa shape index (κ2) is 3.70. The van der Waals surface area contributed by atoms with E-state index in [-0.39, 0.29) is 0 Å². The van der Waals surface area contributed by atoms with Crippen LogP contribution in [0.2, 0.25) is 0 Å². The normalized spacial score (nSPS) is 15.3. The van der Waals surface area contributed by atoms with Crippen LogP contribution in [-0.4, -0.2) is 20.2 Å². The van der Waals surface area contributed by atoms with Crippen molar-refractivity contribution in [2.24, 2.45) is 0 Å². The van der Waals surface area contributed by atoms with Gasteiger partial charge in [0, 0.05) is 22.7 Å². The second-order valence-corrected chi connectivity index (χ2v) is 5.41. The molecule has 0 unspecified atom stereocenters. The SMILES string of the molecule is Cc1n[nH]c(C)c1-c1cccc2[nH]c(C3CC3)nc12. The number of nitrogens with one attached hydrogen (secondary N) is 2. The zero-order chi connectivity index (χ0) is 13.0. The largest absolute Gasteiger partial charge is 0.342 e. The fourth-order valence-corrected chi connectivity index (χ4v) is 2.75. The summed E-state index contributed by atoms with van der Waals surface area (Å²) < 4.78 is 0. The summed E-state index contributed by atoms with van der Waals surface area (Å²) in [6.45, 7) is 4.09. The third-order valence-corrected chi connectivity index (χ3v) is 3.89. The number of aryl methyl sites for hydroxylation is 2. The van der Waals surface area contributed by atoms with E-state index in [4.69, 9.17) is 4.98 Å². The van der Waals surface area contributed by atoms with Crippen LogP contribution in [-0.2, 0) is 0 Å². The monoisotopic (exact) mass is 252 g/mol. The van der Waals surface area contributed by atoms with Gasteiger partial charge in [0.2, 0.25) is 0 Å². The highest BCUT2D eigenvalue weighted by Crippen LogP contribution is 2.40. The highest BCUT2D eigenvalue weighted by atomic mass is 15.1. The van der Waals surface area contributed by atoms with E-state index in [9.17, 15) is 0 Å². The summed E-state index contributed by atoms with van der Waals surface area (Å²) in [5.41, 5.74) is 6.67. The van der Waals surface area contributed by atoms with Gasteiger partial charge in [0.25, 0.3) is 0 Å². The highest BCUT2D eigenvalue weighted by molar-refractivity contribution is 5.93. The Balaban J connectivity index is 1.98. The van der Waals surface area contributed by atoms with Gasteiger partial charge in [0.15, 0.2) is 0 Å². The number of H-pyrrole nitrogens is 2. The molecule has 96 valence electrons. The fourth-order valence-electron chi connectivity index (χ4n) is 2.75. The molecule has 0 amide bonds. The summed E-state index contributed by atoms with van der Waals surface area (Å²) in [5.74, 6) is 1.79. The number of benzene rings is 1. The van der Waals surface area contributed by atoms with E-state index in [0.29, 0.717) is 5.92 Å². The van der Waals surface area contributed by atoms with Crippen LogP contribution in [0, 0.1) is 13.8 Å². The minimum Gasteiger partial charge on any atom is -0.342 e. The molecule has 1 fully saturated rings. The molecule has 2 N–H and O–H groups in total. The van der Waals surface area contributed by atoms with Crippen LogP contribution >= 0.6 is 0 Å². The number of para-hydroxylation sites is 1. The Morgan fingerprint density at radius 3 is 2.74 bits per heavy atom. The van der Waals surface area contributed by atoms with Crippen molar-refractivity contribution in [2.45, 2.75) is 32.6 Å². The van der Waals surface area contributed by atoms with Crippen molar-refractivity contribution in [2.75, 3.05) is 0 Å². The van der Waals surface area contributed by atoms with Crippen LogP contribution in [0.3, 0.4) is 0 Å². The number of nitrogens with zero attached hydrogens (tertiary/aromatic N) is 2. The van der Waals surface area contributed by atoms with Crippen LogP contribution < -0.4 is 0 Å². The Kier molecular flexibility index (Phi) is 2.10. The topological polar surface area (TPSA) is 57.4 Å². The lowest BCUT2D eigenvalue weighted by Crippen LogP contribution is -1.85. The number of hydrogen-bond donors (Lipinski definition) is 2. The van der Waals surface area contributed by atoms with Crippen LogP contribution in [0.1, 0.15) is 36.0 Å². The summed E-state index contributed by atoms with van der Waals surface area (Å²) in [4.78, 5) is 8.27. The maximum Gasteiger partial charge on any atom is 0.110 e. The Morgan fingerprint density at radius 1 is 1.21 bits per heavy atom. The van der Waals surface area contributed by atoms with E-state index in [0.717, 1.165) is 28.2 Å². The molecule has 0 aliphatic heterocycles.